The van der Waals surface area contributed by atoms with E-state index in [0.717, 1.165) is 12.5 Å². The summed E-state index contributed by atoms with van der Waals surface area (Å²) in [6.45, 7) is 1.83. The summed E-state index contributed by atoms with van der Waals surface area (Å²) in [5.74, 6) is 0. The predicted molar refractivity (Wildman–Crippen MR) is 37.2 cm³/mol. The lowest BCUT2D eigenvalue weighted by atomic mass is 10.3. The zero-order valence-corrected chi connectivity index (χ0v) is 6.43. The Morgan fingerprint density at radius 3 is 2.40 bits per heavy atom. The molecule has 0 bridgehead atoms. The molecule has 0 aromatic carbocycles. The summed E-state index contributed by atoms with van der Waals surface area (Å²) in [6.07, 6.45) is 2.22. The Hall–Kier alpha value is -0.550. The SMILES string of the molecule is CCC/C=C(\O)S(=O)(=O)O. The molecule has 0 spiro atoms. The first-order valence-electron chi connectivity index (χ1n) is 2.85. The van der Waals surface area contributed by atoms with Crippen molar-refractivity contribution in [3.8, 4) is 0 Å². The predicted octanol–water partition coefficient (Wildman–Crippen LogP) is 1.07. The van der Waals surface area contributed by atoms with Crippen molar-refractivity contribution in [3.63, 3.8) is 0 Å². The molecule has 10 heavy (non-hydrogen) atoms. The highest BCUT2D eigenvalue weighted by atomic mass is 32.2. The fraction of sp³-hybridized carbons (Fsp3) is 0.600. The van der Waals surface area contributed by atoms with Crippen molar-refractivity contribution in [3.05, 3.63) is 11.2 Å². The molecule has 0 amide bonds. The third-order valence-electron chi connectivity index (χ3n) is 0.872. The van der Waals surface area contributed by atoms with Gasteiger partial charge in [0.05, 0.1) is 0 Å². The second-order valence-corrected chi connectivity index (χ2v) is 3.17. The lowest BCUT2D eigenvalue weighted by molar-refractivity contribution is 0.404. The highest BCUT2D eigenvalue weighted by molar-refractivity contribution is 7.89. The van der Waals surface area contributed by atoms with Crippen LogP contribution in [-0.2, 0) is 10.1 Å². The van der Waals surface area contributed by atoms with Crippen molar-refractivity contribution in [2.24, 2.45) is 0 Å². The van der Waals surface area contributed by atoms with Gasteiger partial charge in [-0.2, -0.15) is 8.42 Å². The Morgan fingerprint density at radius 1 is 1.60 bits per heavy atom. The van der Waals surface area contributed by atoms with E-state index in [1.165, 1.54) is 0 Å². The molecule has 0 unspecified atom stereocenters. The molecule has 0 heterocycles. The van der Waals surface area contributed by atoms with Crippen molar-refractivity contribution >= 4 is 10.1 Å². The molecule has 0 rings (SSSR count). The van der Waals surface area contributed by atoms with Gasteiger partial charge in [0.15, 0.2) is 0 Å². The maximum Gasteiger partial charge on any atom is 0.327 e. The number of aliphatic hydroxyl groups is 1. The van der Waals surface area contributed by atoms with E-state index in [2.05, 4.69) is 0 Å². The van der Waals surface area contributed by atoms with Crippen LogP contribution in [0.4, 0.5) is 0 Å². The molecular weight excluding hydrogens is 156 g/mol. The molecule has 0 saturated heterocycles. The van der Waals surface area contributed by atoms with Gasteiger partial charge in [-0.1, -0.05) is 13.3 Å². The molecule has 5 heteroatoms. The maximum absolute atomic E-state index is 10.1. The van der Waals surface area contributed by atoms with E-state index < -0.39 is 15.2 Å². The van der Waals surface area contributed by atoms with E-state index in [4.69, 9.17) is 9.66 Å². The zero-order chi connectivity index (χ0) is 8.20. The average Bonchev–Trinajstić information content (AvgIpc) is 1.80. The van der Waals surface area contributed by atoms with Gasteiger partial charge in [-0.25, -0.2) is 0 Å². The molecule has 0 aliphatic heterocycles. The lowest BCUT2D eigenvalue weighted by Gasteiger charge is -1.92. The summed E-state index contributed by atoms with van der Waals surface area (Å²) in [5, 5.41) is 7.58. The van der Waals surface area contributed by atoms with Crippen LogP contribution in [0.5, 0.6) is 0 Å². The molecule has 0 saturated carbocycles. The quantitative estimate of drug-likeness (QED) is 0.486. The first-order chi connectivity index (χ1) is 4.48. The number of hydrogen-bond donors (Lipinski definition) is 2. The highest BCUT2D eigenvalue weighted by Crippen LogP contribution is 2.01. The van der Waals surface area contributed by atoms with E-state index in [9.17, 15) is 8.42 Å². The summed E-state index contributed by atoms with van der Waals surface area (Å²) in [5.41, 5.74) is 0. The smallest absolute Gasteiger partial charge is 0.327 e. The molecule has 0 aliphatic carbocycles. The lowest BCUT2D eigenvalue weighted by Crippen LogP contribution is -2.00. The van der Waals surface area contributed by atoms with Crippen molar-refractivity contribution in [2.45, 2.75) is 19.8 Å². The largest absolute Gasteiger partial charge is 0.497 e. The molecule has 2 N–H and O–H groups in total. The van der Waals surface area contributed by atoms with Gasteiger partial charge >= 0.3 is 10.1 Å². The second kappa shape index (κ2) is 3.58. The monoisotopic (exact) mass is 166 g/mol. The number of aliphatic hydroxyl groups excluding tert-OH is 1. The van der Waals surface area contributed by atoms with Crippen LogP contribution in [0.1, 0.15) is 19.8 Å². The number of allylic oxidation sites excluding steroid dienone is 1. The Kier molecular flexibility index (Phi) is 3.38. The molecule has 4 nitrogen and oxygen atoms in total. The molecule has 0 atom stereocenters. The Balaban J connectivity index is 4.22. The first-order valence-corrected chi connectivity index (χ1v) is 4.29. The van der Waals surface area contributed by atoms with Crippen LogP contribution in [0.25, 0.3) is 0 Å². The van der Waals surface area contributed by atoms with E-state index >= 15 is 0 Å². The van der Waals surface area contributed by atoms with E-state index in [1.54, 1.807) is 0 Å². The number of unbranched alkanes of at least 4 members (excludes halogenated alkanes) is 1. The van der Waals surface area contributed by atoms with Gasteiger partial charge in [-0.3, -0.25) is 4.55 Å². The highest BCUT2D eigenvalue weighted by Gasteiger charge is 2.09. The minimum Gasteiger partial charge on any atom is -0.497 e. The van der Waals surface area contributed by atoms with Crippen molar-refractivity contribution in [1.82, 2.24) is 0 Å². The van der Waals surface area contributed by atoms with Crippen LogP contribution < -0.4 is 0 Å². The summed E-state index contributed by atoms with van der Waals surface area (Å²) >= 11 is 0. The molecule has 0 aromatic rings. The van der Waals surface area contributed by atoms with Gasteiger partial charge in [0.1, 0.15) is 0 Å². The molecule has 0 aromatic heterocycles. The summed E-state index contributed by atoms with van der Waals surface area (Å²) in [4.78, 5) is 0. The minimum atomic E-state index is -4.36. The summed E-state index contributed by atoms with van der Waals surface area (Å²) < 4.78 is 28.3. The topological polar surface area (TPSA) is 74.6 Å². The normalized spacial score (nSPS) is 13.6. The van der Waals surface area contributed by atoms with Crippen molar-refractivity contribution in [1.29, 1.82) is 0 Å². The van der Waals surface area contributed by atoms with Gasteiger partial charge < -0.3 is 5.11 Å². The van der Waals surface area contributed by atoms with Gasteiger partial charge in [0, 0.05) is 0 Å². The van der Waals surface area contributed by atoms with Crippen molar-refractivity contribution < 1.29 is 18.1 Å². The third-order valence-corrected chi connectivity index (χ3v) is 1.57. The molecule has 60 valence electrons. The maximum atomic E-state index is 10.1. The fourth-order valence-corrected chi connectivity index (χ4v) is 0.702. The van der Waals surface area contributed by atoms with Crippen LogP contribution >= 0.6 is 0 Å². The number of hydrogen-bond acceptors (Lipinski definition) is 3. The zero-order valence-electron chi connectivity index (χ0n) is 5.61. The molecule has 0 fully saturated rings. The van der Waals surface area contributed by atoms with Crippen LogP contribution in [-0.4, -0.2) is 18.1 Å². The van der Waals surface area contributed by atoms with Crippen LogP contribution in [0.3, 0.4) is 0 Å². The van der Waals surface area contributed by atoms with Crippen LogP contribution in [0.2, 0.25) is 0 Å². The van der Waals surface area contributed by atoms with Gasteiger partial charge in [0.25, 0.3) is 0 Å². The first kappa shape index (κ1) is 9.45. The number of rotatable bonds is 3. The second-order valence-electron chi connectivity index (χ2n) is 1.81. The Morgan fingerprint density at radius 2 is 2.10 bits per heavy atom. The molecule has 0 aliphatic rings. The van der Waals surface area contributed by atoms with Gasteiger partial charge in [0.2, 0.25) is 5.09 Å². The standard InChI is InChI=1S/C5H10O4S/c1-2-3-4-5(6)10(7,8)9/h4,6H,2-3H2,1H3,(H,7,8,9)/b5-4+. The molecule has 0 radical (unpaired) electrons. The van der Waals surface area contributed by atoms with Crippen molar-refractivity contribution in [2.75, 3.05) is 0 Å². The summed E-state index contributed by atoms with van der Waals surface area (Å²) in [7, 11) is -4.36. The van der Waals surface area contributed by atoms with Gasteiger partial charge in [-0.05, 0) is 12.5 Å². The Labute approximate surface area is 59.9 Å². The van der Waals surface area contributed by atoms with E-state index in [0.29, 0.717) is 6.42 Å². The van der Waals surface area contributed by atoms with Crippen LogP contribution in [0, 0.1) is 0 Å². The molecular formula is C5H10O4S. The van der Waals surface area contributed by atoms with Crippen LogP contribution in [0.15, 0.2) is 11.2 Å². The van der Waals surface area contributed by atoms with E-state index in [-0.39, 0.29) is 0 Å². The third kappa shape index (κ3) is 3.47. The average molecular weight is 166 g/mol. The fourth-order valence-electron chi connectivity index (χ4n) is 0.373. The Bertz CT molecular complexity index is 214. The van der Waals surface area contributed by atoms with E-state index in [1.807, 2.05) is 6.92 Å². The summed E-state index contributed by atoms with van der Waals surface area (Å²) in [6, 6.07) is 0. The minimum absolute atomic E-state index is 0.436. The van der Waals surface area contributed by atoms with Gasteiger partial charge in [-0.15, -0.1) is 0 Å².